The van der Waals surface area contributed by atoms with Crippen LogP contribution in [0.2, 0.25) is 0 Å². The zero-order valence-corrected chi connectivity index (χ0v) is 9.21. The largest absolute Gasteiger partial charge is 0.381 e. The predicted octanol–water partition coefficient (Wildman–Crippen LogP) is 1.56. The van der Waals surface area contributed by atoms with Crippen molar-refractivity contribution in [1.82, 2.24) is 0 Å². The van der Waals surface area contributed by atoms with Crippen molar-refractivity contribution < 1.29 is 9.47 Å². The Balaban J connectivity index is 2.04. The van der Waals surface area contributed by atoms with Gasteiger partial charge in [0, 0.05) is 25.9 Å². The first-order valence-electron chi connectivity index (χ1n) is 5.75. The summed E-state index contributed by atoms with van der Waals surface area (Å²) in [6.07, 6.45) is 4.43. The van der Waals surface area contributed by atoms with Crippen LogP contribution in [0.15, 0.2) is 0 Å². The average Bonchev–Trinajstić information content (AvgIpc) is 2.25. The maximum atomic E-state index is 6.07. The molecule has 0 aliphatic carbocycles. The Bertz CT molecular complexity index is 135. The van der Waals surface area contributed by atoms with Crippen molar-refractivity contribution in [3.05, 3.63) is 0 Å². The fourth-order valence-electron chi connectivity index (χ4n) is 1.80. The standard InChI is InChI=1S/C11H23NO2/c1-2-6-13-8-5-11(12)10-4-3-7-14-9-10/h10-11H,2-9,12H2,1H3. The Morgan fingerprint density at radius 1 is 1.50 bits per heavy atom. The Labute approximate surface area is 86.9 Å². The van der Waals surface area contributed by atoms with Gasteiger partial charge in [-0.2, -0.15) is 0 Å². The van der Waals surface area contributed by atoms with Crippen molar-refractivity contribution >= 4 is 0 Å². The van der Waals surface area contributed by atoms with Crippen LogP contribution in [0.25, 0.3) is 0 Å². The lowest BCUT2D eigenvalue weighted by atomic mass is 9.92. The van der Waals surface area contributed by atoms with Crippen LogP contribution < -0.4 is 5.73 Å². The van der Waals surface area contributed by atoms with E-state index in [9.17, 15) is 0 Å². The summed E-state index contributed by atoms with van der Waals surface area (Å²) in [5.41, 5.74) is 6.07. The van der Waals surface area contributed by atoms with Gasteiger partial charge in [0.15, 0.2) is 0 Å². The van der Waals surface area contributed by atoms with Gasteiger partial charge in [0.25, 0.3) is 0 Å². The summed E-state index contributed by atoms with van der Waals surface area (Å²) in [7, 11) is 0. The van der Waals surface area contributed by atoms with Gasteiger partial charge in [0.1, 0.15) is 0 Å². The summed E-state index contributed by atoms with van der Waals surface area (Å²) in [5.74, 6) is 0.550. The number of hydrogen-bond acceptors (Lipinski definition) is 3. The lowest BCUT2D eigenvalue weighted by molar-refractivity contribution is 0.0373. The highest BCUT2D eigenvalue weighted by Gasteiger charge is 2.20. The van der Waals surface area contributed by atoms with Gasteiger partial charge in [-0.3, -0.25) is 0 Å². The van der Waals surface area contributed by atoms with Crippen LogP contribution in [0.1, 0.15) is 32.6 Å². The highest BCUT2D eigenvalue weighted by Crippen LogP contribution is 2.17. The quantitative estimate of drug-likeness (QED) is 0.663. The molecule has 3 heteroatoms. The van der Waals surface area contributed by atoms with Gasteiger partial charge < -0.3 is 15.2 Å². The second-order valence-electron chi connectivity index (χ2n) is 4.04. The first-order valence-corrected chi connectivity index (χ1v) is 5.75. The molecule has 0 aromatic heterocycles. The van der Waals surface area contributed by atoms with Crippen molar-refractivity contribution in [2.75, 3.05) is 26.4 Å². The summed E-state index contributed by atoms with van der Waals surface area (Å²) in [6, 6.07) is 0.257. The molecule has 0 bridgehead atoms. The molecule has 14 heavy (non-hydrogen) atoms. The zero-order valence-electron chi connectivity index (χ0n) is 9.21. The normalized spacial score (nSPS) is 24.9. The van der Waals surface area contributed by atoms with Crippen molar-refractivity contribution in [2.24, 2.45) is 11.7 Å². The number of nitrogens with two attached hydrogens (primary N) is 1. The molecule has 1 heterocycles. The summed E-state index contributed by atoms with van der Waals surface area (Å²) in [4.78, 5) is 0. The van der Waals surface area contributed by atoms with E-state index in [1.54, 1.807) is 0 Å². The first-order chi connectivity index (χ1) is 6.84. The lowest BCUT2D eigenvalue weighted by Gasteiger charge is -2.27. The monoisotopic (exact) mass is 201 g/mol. The van der Waals surface area contributed by atoms with Crippen molar-refractivity contribution in [3.63, 3.8) is 0 Å². The molecular formula is C11H23NO2. The number of hydrogen-bond donors (Lipinski definition) is 1. The van der Waals surface area contributed by atoms with E-state index in [2.05, 4.69) is 6.92 Å². The van der Waals surface area contributed by atoms with Gasteiger partial charge in [-0.05, 0) is 31.6 Å². The molecule has 0 saturated carbocycles. The molecule has 2 atom stereocenters. The Hall–Kier alpha value is -0.120. The highest BCUT2D eigenvalue weighted by atomic mass is 16.5. The van der Waals surface area contributed by atoms with Crippen molar-refractivity contribution in [1.29, 1.82) is 0 Å². The van der Waals surface area contributed by atoms with E-state index < -0.39 is 0 Å². The minimum atomic E-state index is 0.257. The van der Waals surface area contributed by atoms with E-state index in [0.717, 1.165) is 45.7 Å². The molecule has 84 valence electrons. The molecule has 1 saturated heterocycles. The zero-order chi connectivity index (χ0) is 10.2. The maximum Gasteiger partial charge on any atom is 0.0509 e. The fraction of sp³-hybridized carbons (Fsp3) is 1.00. The minimum Gasteiger partial charge on any atom is -0.381 e. The molecule has 0 aromatic carbocycles. The molecule has 0 amide bonds. The van der Waals surface area contributed by atoms with Crippen LogP contribution in [0, 0.1) is 5.92 Å². The Kier molecular flexibility index (Phi) is 6.15. The molecule has 2 unspecified atom stereocenters. The van der Waals surface area contributed by atoms with Gasteiger partial charge in [-0.15, -0.1) is 0 Å². The van der Waals surface area contributed by atoms with Gasteiger partial charge in [0.05, 0.1) is 6.61 Å². The highest BCUT2D eigenvalue weighted by molar-refractivity contribution is 4.74. The van der Waals surface area contributed by atoms with Gasteiger partial charge in [-0.25, -0.2) is 0 Å². The smallest absolute Gasteiger partial charge is 0.0509 e. The molecular weight excluding hydrogens is 178 g/mol. The van der Waals surface area contributed by atoms with Gasteiger partial charge in [-0.1, -0.05) is 6.92 Å². The van der Waals surface area contributed by atoms with Crippen molar-refractivity contribution in [3.8, 4) is 0 Å². The van der Waals surface area contributed by atoms with Crippen LogP contribution in [0.3, 0.4) is 0 Å². The van der Waals surface area contributed by atoms with E-state index >= 15 is 0 Å². The van der Waals surface area contributed by atoms with Crippen LogP contribution in [0.5, 0.6) is 0 Å². The molecule has 0 spiro atoms. The SMILES string of the molecule is CCCOCCC(N)C1CCCOC1. The molecule has 0 radical (unpaired) electrons. The van der Waals surface area contributed by atoms with Gasteiger partial charge in [0.2, 0.25) is 0 Å². The van der Waals surface area contributed by atoms with Crippen molar-refractivity contribution in [2.45, 2.75) is 38.6 Å². The number of ether oxygens (including phenoxy) is 2. The topological polar surface area (TPSA) is 44.5 Å². The molecule has 1 rings (SSSR count). The summed E-state index contributed by atoms with van der Waals surface area (Å²) in [6.45, 7) is 5.53. The predicted molar refractivity (Wildman–Crippen MR) is 57.2 cm³/mol. The third-order valence-corrected chi connectivity index (χ3v) is 2.75. The average molecular weight is 201 g/mol. The van der Waals surface area contributed by atoms with Crippen LogP contribution >= 0.6 is 0 Å². The summed E-state index contributed by atoms with van der Waals surface area (Å²) < 4.78 is 10.8. The van der Waals surface area contributed by atoms with Gasteiger partial charge >= 0.3 is 0 Å². The molecule has 3 nitrogen and oxygen atoms in total. The lowest BCUT2D eigenvalue weighted by Crippen LogP contribution is -2.36. The molecule has 0 aromatic rings. The molecule has 2 N–H and O–H groups in total. The molecule has 1 aliphatic rings. The van der Waals surface area contributed by atoms with Crippen LogP contribution in [0.4, 0.5) is 0 Å². The van der Waals surface area contributed by atoms with E-state index in [1.807, 2.05) is 0 Å². The first kappa shape index (κ1) is 12.0. The van der Waals surface area contributed by atoms with E-state index in [4.69, 9.17) is 15.2 Å². The second kappa shape index (κ2) is 7.21. The molecule has 1 fully saturated rings. The maximum absolute atomic E-state index is 6.07. The van der Waals surface area contributed by atoms with Crippen LogP contribution in [-0.4, -0.2) is 32.5 Å². The number of rotatable bonds is 6. The Morgan fingerprint density at radius 2 is 2.36 bits per heavy atom. The van der Waals surface area contributed by atoms with Crippen LogP contribution in [-0.2, 0) is 9.47 Å². The van der Waals surface area contributed by atoms with E-state index in [1.165, 1.54) is 6.42 Å². The van der Waals surface area contributed by atoms with E-state index in [0.29, 0.717) is 5.92 Å². The minimum absolute atomic E-state index is 0.257. The third-order valence-electron chi connectivity index (χ3n) is 2.75. The summed E-state index contributed by atoms with van der Waals surface area (Å²) >= 11 is 0. The molecule has 1 aliphatic heterocycles. The van der Waals surface area contributed by atoms with E-state index in [-0.39, 0.29) is 6.04 Å². The Morgan fingerprint density at radius 3 is 3.00 bits per heavy atom. The third kappa shape index (κ3) is 4.40. The fourth-order valence-corrected chi connectivity index (χ4v) is 1.80. The summed E-state index contributed by atoms with van der Waals surface area (Å²) in [5, 5.41) is 0. The second-order valence-corrected chi connectivity index (χ2v) is 4.04.